The molecule has 1 heterocycles. The summed E-state index contributed by atoms with van der Waals surface area (Å²) in [6, 6.07) is 2.18. The SMILES string of the molecule is COC[C@H]1C[C@@H]1C(=O)Nc1cc([C@H]2CC[C@@H](OC(=O)N[C@@H](C)C3CC3)C2)nn1C(C)(C)C. The number of carbonyl (C=O) groups excluding carboxylic acids is 2. The van der Waals surface area contributed by atoms with E-state index in [9.17, 15) is 9.59 Å². The van der Waals surface area contributed by atoms with Gasteiger partial charge in [-0.2, -0.15) is 5.10 Å². The number of anilines is 1. The van der Waals surface area contributed by atoms with E-state index in [-0.39, 0.29) is 41.5 Å². The molecular weight excluding hydrogens is 408 g/mol. The standard InChI is InChI=1S/C24H38N4O4/c1-14(15-6-7-15)25-23(30)32-18-9-8-16(10-18)20-12-21(28(27-20)24(2,3)4)26-22(29)19-11-17(19)13-31-5/h12,14-19H,6-11,13H2,1-5H3,(H,25,30)(H,26,29)/t14-,16-,17+,18+,19-/m0/s1. The van der Waals surface area contributed by atoms with E-state index in [0.717, 1.165) is 37.2 Å². The van der Waals surface area contributed by atoms with Crippen molar-refractivity contribution in [3.63, 3.8) is 0 Å². The van der Waals surface area contributed by atoms with Crippen molar-refractivity contribution in [3.8, 4) is 0 Å². The van der Waals surface area contributed by atoms with Gasteiger partial charge in [-0.3, -0.25) is 4.79 Å². The highest BCUT2D eigenvalue weighted by atomic mass is 16.6. The van der Waals surface area contributed by atoms with Crippen molar-refractivity contribution in [3.05, 3.63) is 11.8 Å². The maximum absolute atomic E-state index is 12.7. The molecule has 0 aliphatic heterocycles. The maximum Gasteiger partial charge on any atom is 0.407 e. The van der Waals surface area contributed by atoms with E-state index >= 15 is 0 Å². The number of nitrogens with one attached hydrogen (secondary N) is 2. The normalized spacial score (nSPS) is 28.3. The van der Waals surface area contributed by atoms with Crippen LogP contribution in [0.5, 0.6) is 0 Å². The highest BCUT2D eigenvalue weighted by Gasteiger charge is 2.43. The first-order valence-electron chi connectivity index (χ1n) is 12.0. The van der Waals surface area contributed by atoms with Crippen molar-refractivity contribution in [2.24, 2.45) is 17.8 Å². The summed E-state index contributed by atoms with van der Waals surface area (Å²) in [5, 5.41) is 10.9. The Morgan fingerprint density at radius 2 is 1.97 bits per heavy atom. The third-order valence-corrected chi connectivity index (χ3v) is 7.01. The molecule has 32 heavy (non-hydrogen) atoms. The van der Waals surface area contributed by atoms with E-state index in [1.807, 2.05) is 17.7 Å². The molecule has 0 bridgehead atoms. The van der Waals surface area contributed by atoms with Gasteiger partial charge in [0.15, 0.2) is 0 Å². The minimum Gasteiger partial charge on any atom is -0.446 e. The first-order chi connectivity index (χ1) is 15.2. The van der Waals surface area contributed by atoms with Gasteiger partial charge in [0.05, 0.1) is 11.2 Å². The molecule has 178 valence electrons. The molecule has 8 nitrogen and oxygen atoms in total. The van der Waals surface area contributed by atoms with E-state index in [1.165, 1.54) is 12.8 Å². The van der Waals surface area contributed by atoms with Gasteiger partial charge in [-0.1, -0.05) is 0 Å². The average Bonchev–Trinajstić information content (AvgIpc) is 3.60. The fourth-order valence-electron chi connectivity index (χ4n) is 4.79. The first kappa shape index (κ1) is 23.1. The molecule has 5 atom stereocenters. The van der Waals surface area contributed by atoms with E-state index < -0.39 is 0 Å². The Morgan fingerprint density at radius 3 is 2.62 bits per heavy atom. The summed E-state index contributed by atoms with van der Waals surface area (Å²) in [7, 11) is 1.67. The number of methoxy groups -OCH3 is 1. The molecule has 0 aromatic carbocycles. The van der Waals surface area contributed by atoms with Crippen LogP contribution in [0.2, 0.25) is 0 Å². The van der Waals surface area contributed by atoms with Crippen molar-refractivity contribution in [2.45, 2.75) is 89.8 Å². The number of alkyl carbamates (subject to hydrolysis) is 1. The molecule has 3 aliphatic carbocycles. The van der Waals surface area contributed by atoms with Gasteiger partial charge in [0.2, 0.25) is 5.91 Å². The minimum absolute atomic E-state index is 0.0162. The monoisotopic (exact) mass is 446 g/mol. The second-order valence-corrected chi connectivity index (χ2v) is 10.9. The molecule has 0 spiro atoms. The maximum atomic E-state index is 12.7. The molecule has 0 saturated heterocycles. The lowest BCUT2D eigenvalue weighted by Gasteiger charge is -2.22. The highest BCUT2D eigenvalue weighted by Crippen LogP contribution is 2.41. The van der Waals surface area contributed by atoms with Crippen LogP contribution in [0.1, 0.15) is 77.8 Å². The van der Waals surface area contributed by atoms with Crippen LogP contribution in [0.25, 0.3) is 0 Å². The molecule has 8 heteroatoms. The third-order valence-electron chi connectivity index (χ3n) is 7.01. The second kappa shape index (κ2) is 9.04. The predicted octanol–water partition coefficient (Wildman–Crippen LogP) is 4.02. The fraction of sp³-hybridized carbons (Fsp3) is 0.792. The zero-order valence-electron chi connectivity index (χ0n) is 20.0. The molecule has 3 aliphatic rings. The first-order valence-corrected chi connectivity index (χ1v) is 12.0. The van der Waals surface area contributed by atoms with Gasteiger partial charge < -0.3 is 20.1 Å². The van der Waals surface area contributed by atoms with Gasteiger partial charge in [-0.25, -0.2) is 9.48 Å². The summed E-state index contributed by atoms with van der Waals surface area (Å²) < 4.78 is 12.8. The highest BCUT2D eigenvalue weighted by molar-refractivity contribution is 5.93. The predicted molar refractivity (Wildman–Crippen MR) is 122 cm³/mol. The number of nitrogens with zero attached hydrogens (tertiary/aromatic N) is 2. The molecule has 2 amide bonds. The second-order valence-electron chi connectivity index (χ2n) is 10.9. The Bertz CT molecular complexity index is 842. The van der Waals surface area contributed by atoms with Crippen LogP contribution in [0, 0.1) is 17.8 Å². The van der Waals surface area contributed by atoms with Gasteiger partial charge in [-0.05, 0) is 78.1 Å². The van der Waals surface area contributed by atoms with Gasteiger partial charge in [-0.15, -0.1) is 0 Å². The molecular formula is C24H38N4O4. The van der Waals surface area contributed by atoms with Gasteiger partial charge >= 0.3 is 6.09 Å². The van der Waals surface area contributed by atoms with Crippen molar-refractivity contribution < 1.29 is 19.1 Å². The number of aromatic nitrogens is 2. The summed E-state index contributed by atoms with van der Waals surface area (Å²) in [5.74, 6) is 1.93. The van der Waals surface area contributed by atoms with E-state index in [2.05, 4.69) is 31.4 Å². The van der Waals surface area contributed by atoms with Crippen LogP contribution in [-0.4, -0.2) is 47.6 Å². The van der Waals surface area contributed by atoms with E-state index in [1.54, 1.807) is 7.11 Å². The number of carbonyl (C=O) groups is 2. The number of ether oxygens (including phenoxy) is 2. The number of rotatable bonds is 8. The van der Waals surface area contributed by atoms with E-state index in [4.69, 9.17) is 14.6 Å². The Balaban J connectivity index is 1.37. The summed E-state index contributed by atoms with van der Waals surface area (Å²) >= 11 is 0. The molecule has 0 unspecified atom stereocenters. The lowest BCUT2D eigenvalue weighted by Crippen LogP contribution is -2.36. The molecule has 4 rings (SSSR count). The molecule has 3 saturated carbocycles. The topological polar surface area (TPSA) is 94.5 Å². The summed E-state index contributed by atoms with van der Waals surface area (Å²) in [6.07, 6.45) is 5.37. The zero-order valence-corrected chi connectivity index (χ0v) is 20.0. The lowest BCUT2D eigenvalue weighted by molar-refractivity contribution is -0.117. The molecule has 0 radical (unpaired) electrons. The summed E-state index contributed by atoms with van der Waals surface area (Å²) in [6.45, 7) is 8.91. The van der Waals surface area contributed by atoms with Crippen LogP contribution >= 0.6 is 0 Å². The molecule has 2 N–H and O–H groups in total. The number of hydrogen-bond acceptors (Lipinski definition) is 5. The largest absolute Gasteiger partial charge is 0.446 e. The zero-order chi connectivity index (χ0) is 23.0. The Labute approximate surface area is 190 Å². The number of hydrogen-bond donors (Lipinski definition) is 2. The minimum atomic E-state index is -0.307. The van der Waals surface area contributed by atoms with Gasteiger partial charge in [0.25, 0.3) is 0 Å². The van der Waals surface area contributed by atoms with Crippen molar-refractivity contribution >= 4 is 17.8 Å². The van der Waals surface area contributed by atoms with Gasteiger partial charge in [0.1, 0.15) is 11.9 Å². The molecule has 1 aromatic heterocycles. The van der Waals surface area contributed by atoms with Crippen LogP contribution in [0.15, 0.2) is 6.07 Å². The van der Waals surface area contributed by atoms with Crippen LogP contribution in [0.4, 0.5) is 10.6 Å². The third kappa shape index (κ3) is 5.45. The summed E-state index contributed by atoms with van der Waals surface area (Å²) in [5.41, 5.74) is 0.696. The number of amides is 2. The van der Waals surface area contributed by atoms with Crippen LogP contribution in [-0.2, 0) is 19.8 Å². The Morgan fingerprint density at radius 1 is 1.22 bits per heavy atom. The van der Waals surface area contributed by atoms with Crippen molar-refractivity contribution in [1.29, 1.82) is 0 Å². The molecule has 1 aromatic rings. The molecule has 3 fully saturated rings. The fourth-order valence-corrected chi connectivity index (χ4v) is 4.79. The quantitative estimate of drug-likeness (QED) is 0.629. The summed E-state index contributed by atoms with van der Waals surface area (Å²) in [4.78, 5) is 24.9. The smallest absolute Gasteiger partial charge is 0.407 e. The van der Waals surface area contributed by atoms with Gasteiger partial charge in [0, 0.05) is 37.7 Å². The average molecular weight is 447 g/mol. The van der Waals surface area contributed by atoms with Crippen molar-refractivity contribution in [2.75, 3.05) is 19.0 Å². The lowest BCUT2D eigenvalue weighted by atomic mass is 10.0. The van der Waals surface area contributed by atoms with E-state index in [0.29, 0.717) is 18.4 Å². The van der Waals surface area contributed by atoms with Crippen LogP contribution in [0.3, 0.4) is 0 Å². The van der Waals surface area contributed by atoms with Crippen molar-refractivity contribution in [1.82, 2.24) is 15.1 Å². The van der Waals surface area contributed by atoms with Crippen LogP contribution < -0.4 is 10.6 Å². The Hall–Kier alpha value is -2.09. The Kier molecular flexibility index (Phi) is 6.52.